The number of anilines is 1. The summed E-state index contributed by atoms with van der Waals surface area (Å²) >= 11 is 0.712. The lowest BCUT2D eigenvalue weighted by Crippen LogP contribution is -2.32. The van der Waals surface area contributed by atoms with E-state index in [1.165, 1.54) is 0 Å². The quantitative estimate of drug-likeness (QED) is 0.0771. The van der Waals surface area contributed by atoms with Crippen molar-refractivity contribution in [3.05, 3.63) is 70.3 Å². The normalized spacial score (nSPS) is 10.6. The fourth-order valence-electron chi connectivity index (χ4n) is 2.83. The third-order valence-electron chi connectivity index (χ3n) is 4.73. The first-order chi connectivity index (χ1) is 18.0. The van der Waals surface area contributed by atoms with Gasteiger partial charge in [0.05, 0.1) is 30.3 Å². The second-order valence-electron chi connectivity index (χ2n) is 7.82. The molecule has 2 aromatic rings. The number of hydrogen-bond donors (Lipinski definition) is 0. The molecule has 12 nitrogen and oxygen atoms in total. The Bertz CT molecular complexity index is 1200. The van der Waals surface area contributed by atoms with E-state index < -0.39 is 22.8 Å². The van der Waals surface area contributed by atoms with Crippen LogP contribution in [0.2, 0.25) is 0 Å². The van der Waals surface area contributed by atoms with Crippen LogP contribution >= 0.6 is 11.3 Å². The molecule has 0 radical (unpaired) electrons. The molecule has 0 atom stereocenters. The second kappa shape index (κ2) is 14.4. The Morgan fingerprint density at radius 1 is 0.974 bits per heavy atom. The molecule has 38 heavy (non-hydrogen) atoms. The van der Waals surface area contributed by atoms with Crippen LogP contribution in [0.1, 0.15) is 31.1 Å². The summed E-state index contributed by atoms with van der Waals surface area (Å²) in [4.78, 5) is 47.9. The van der Waals surface area contributed by atoms with Gasteiger partial charge in [0.1, 0.15) is 18.8 Å². The minimum Gasteiger partial charge on any atom is -0.462 e. The molecule has 1 aromatic heterocycles. The molecule has 1 aromatic carbocycles. The number of thiophene rings is 1. The molecular weight excluding hydrogens is 516 g/mol. The van der Waals surface area contributed by atoms with Crippen LogP contribution in [-0.4, -0.2) is 55.7 Å². The van der Waals surface area contributed by atoms with Crippen LogP contribution in [0.3, 0.4) is 0 Å². The second-order valence-corrected chi connectivity index (χ2v) is 8.83. The zero-order valence-electron chi connectivity index (χ0n) is 21.3. The van der Waals surface area contributed by atoms with Crippen LogP contribution in [0.25, 0.3) is 0 Å². The Labute approximate surface area is 223 Å². The van der Waals surface area contributed by atoms with Crippen molar-refractivity contribution in [2.45, 2.75) is 20.8 Å². The molecule has 0 aliphatic heterocycles. The standard InChI is InChI=1S/C25H28N4O8S/c1-6-35-25(32)20-15-21(29(33)34)38-22(20)27-26-18-7-9-19(10-8-18)28(11-13-36-23(30)16(2)3)12-14-37-24(31)17(4)5/h7-10,15H,2,4,6,11-14H2,1,3,5H3. The van der Waals surface area contributed by atoms with Gasteiger partial charge < -0.3 is 19.1 Å². The van der Waals surface area contributed by atoms with Crippen LogP contribution in [0.15, 0.2) is 64.9 Å². The molecule has 0 saturated carbocycles. The van der Waals surface area contributed by atoms with Crippen molar-refractivity contribution in [1.82, 2.24) is 0 Å². The first-order valence-corrected chi connectivity index (χ1v) is 12.2. The SMILES string of the molecule is C=C(C)C(=O)OCCN(CCOC(=O)C(=C)C)c1ccc(N=Nc2sc([N+](=O)[O-])cc2C(=O)OCC)cc1. The molecule has 13 heteroatoms. The van der Waals surface area contributed by atoms with Crippen LogP contribution in [0, 0.1) is 10.1 Å². The van der Waals surface area contributed by atoms with Gasteiger partial charge in [-0.1, -0.05) is 13.2 Å². The van der Waals surface area contributed by atoms with Crippen LogP contribution in [0.4, 0.5) is 21.4 Å². The number of hydrogen-bond acceptors (Lipinski definition) is 12. The van der Waals surface area contributed by atoms with Crippen molar-refractivity contribution < 1.29 is 33.5 Å². The average molecular weight is 545 g/mol. The summed E-state index contributed by atoms with van der Waals surface area (Å²) in [5.41, 5.74) is 1.67. The van der Waals surface area contributed by atoms with E-state index in [2.05, 4.69) is 23.4 Å². The number of esters is 3. The van der Waals surface area contributed by atoms with E-state index in [0.717, 1.165) is 11.8 Å². The number of benzene rings is 1. The largest absolute Gasteiger partial charge is 0.462 e. The molecule has 0 fully saturated rings. The van der Waals surface area contributed by atoms with Gasteiger partial charge in [-0.05, 0) is 56.4 Å². The maximum Gasteiger partial charge on any atom is 0.341 e. The van der Waals surface area contributed by atoms with E-state index in [-0.39, 0.29) is 46.5 Å². The fraction of sp³-hybridized carbons (Fsp3) is 0.320. The number of nitro groups is 1. The predicted molar refractivity (Wildman–Crippen MR) is 141 cm³/mol. The lowest BCUT2D eigenvalue weighted by atomic mass is 10.2. The van der Waals surface area contributed by atoms with E-state index in [4.69, 9.17) is 14.2 Å². The minimum atomic E-state index is -0.725. The van der Waals surface area contributed by atoms with Crippen molar-refractivity contribution in [1.29, 1.82) is 0 Å². The molecule has 0 aliphatic carbocycles. The molecular formula is C25H28N4O8S. The number of azo groups is 1. The zero-order chi connectivity index (χ0) is 28.2. The maximum atomic E-state index is 12.1. The van der Waals surface area contributed by atoms with E-state index >= 15 is 0 Å². The Balaban J connectivity index is 2.18. The minimum absolute atomic E-state index is 0.0382. The smallest absolute Gasteiger partial charge is 0.341 e. The van der Waals surface area contributed by atoms with Gasteiger partial charge in [0.2, 0.25) is 0 Å². The Kier molecular flexibility index (Phi) is 11.3. The third kappa shape index (κ3) is 8.92. The number of carbonyl (C=O) groups excluding carboxylic acids is 3. The van der Waals surface area contributed by atoms with Gasteiger partial charge in [0.15, 0.2) is 5.00 Å². The average Bonchev–Trinajstić information content (AvgIpc) is 3.31. The van der Waals surface area contributed by atoms with Gasteiger partial charge in [-0.15, -0.1) is 10.2 Å². The van der Waals surface area contributed by atoms with Gasteiger partial charge >= 0.3 is 22.9 Å². The molecule has 0 bridgehead atoms. The molecule has 0 spiro atoms. The molecule has 0 N–H and O–H groups in total. The molecule has 2 rings (SSSR count). The first kappa shape index (κ1) is 29.8. The zero-order valence-corrected chi connectivity index (χ0v) is 22.1. The topological polar surface area (TPSA) is 150 Å². The monoisotopic (exact) mass is 544 g/mol. The van der Waals surface area contributed by atoms with Gasteiger partial charge in [-0.3, -0.25) is 10.1 Å². The fourth-order valence-corrected chi connectivity index (χ4v) is 3.62. The van der Waals surface area contributed by atoms with E-state index in [1.807, 2.05) is 4.90 Å². The molecule has 0 unspecified atom stereocenters. The number of rotatable bonds is 14. The summed E-state index contributed by atoms with van der Waals surface area (Å²) < 4.78 is 15.3. The first-order valence-electron chi connectivity index (χ1n) is 11.4. The highest BCUT2D eigenvalue weighted by Gasteiger charge is 2.23. The van der Waals surface area contributed by atoms with E-state index in [0.29, 0.717) is 30.1 Å². The van der Waals surface area contributed by atoms with Crippen molar-refractivity contribution in [3.8, 4) is 0 Å². The summed E-state index contributed by atoms with van der Waals surface area (Å²) in [6.45, 7) is 12.7. The van der Waals surface area contributed by atoms with Crippen LogP contribution in [0.5, 0.6) is 0 Å². The predicted octanol–water partition coefficient (Wildman–Crippen LogP) is 5.29. The van der Waals surface area contributed by atoms with Crippen LogP contribution < -0.4 is 4.90 Å². The summed E-state index contributed by atoms with van der Waals surface area (Å²) in [5.74, 6) is -1.74. The Hall–Kier alpha value is -4.39. The van der Waals surface area contributed by atoms with Gasteiger partial charge in [-0.2, -0.15) is 0 Å². The molecule has 0 saturated heterocycles. The lowest BCUT2D eigenvalue weighted by molar-refractivity contribution is -0.380. The summed E-state index contributed by atoms with van der Waals surface area (Å²) in [6, 6.07) is 7.88. The van der Waals surface area contributed by atoms with Crippen molar-refractivity contribution in [2.24, 2.45) is 10.2 Å². The van der Waals surface area contributed by atoms with E-state index in [1.54, 1.807) is 45.0 Å². The van der Waals surface area contributed by atoms with Gasteiger partial charge in [-0.25, -0.2) is 14.4 Å². The third-order valence-corrected chi connectivity index (χ3v) is 5.70. The Morgan fingerprint density at radius 2 is 1.53 bits per heavy atom. The van der Waals surface area contributed by atoms with Crippen molar-refractivity contribution in [2.75, 3.05) is 37.8 Å². The number of ether oxygens (including phenoxy) is 3. The highest BCUT2D eigenvalue weighted by molar-refractivity contribution is 7.19. The summed E-state index contributed by atoms with van der Waals surface area (Å²) in [6.07, 6.45) is 0. The number of nitrogens with zero attached hydrogens (tertiary/aromatic N) is 4. The molecule has 1 heterocycles. The van der Waals surface area contributed by atoms with Crippen molar-refractivity contribution >= 4 is 50.6 Å². The molecule has 0 amide bonds. The van der Waals surface area contributed by atoms with Crippen LogP contribution in [-0.2, 0) is 23.8 Å². The van der Waals surface area contributed by atoms with Gasteiger partial charge in [0.25, 0.3) is 0 Å². The number of carbonyl (C=O) groups is 3. The summed E-state index contributed by atoms with van der Waals surface area (Å²) in [5, 5.41) is 19.0. The molecule has 202 valence electrons. The highest BCUT2D eigenvalue weighted by atomic mass is 32.1. The van der Waals surface area contributed by atoms with E-state index in [9.17, 15) is 24.5 Å². The van der Waals surface area contributed by atoms with Crippen molar-refractivity contribution in [3.63, 3.8) is 0 Å². The highest BCUT2D eigenvalue weighted by Crippen LogP contribution is 2.37. The lowest BCUT2D eigenvalue weighted by Gasteiger charge is -2.24. The Morgan fingerprint density at radius 3 is 2.00 bits per heavy atom. The van der Waals surface area contributed by atoms with Gasteiger partial charge in [0, 0.05) is 22.9 Å². The maximum absolute atomic E-state index is 12.1. The molecule has 0 aliphatic rings. The summed E-state index contributed by atoms with van der Waals surface area (Å²) in [7, 11) is 0.